The number of rotatable bonds is 38. The molecule has 1 fully saturated rings. The second-order valence-corrected chi connectivity index (χ2v) is 17.3. The van der Waals surface area contributed by atoms with Crippen molar-refractivity contribution in [3.05, 3.63) is 12.2 Å². The van der Waals surface area contributed by atoms with Gasteiger partial charge in [-0.25, -0.2) is 4.57 Å². The third kappa shape index (κ3) is 27.0. The van der Waals surface area contributed by atoms with Crippen LogP contribution in [0.5, 0.6) is 0 Å². The number of phosphoric acid groups is 1. The Morgan fingerprint density at radius 3 is 1.43 bits per heavy atom. The van der Waals surface area contributed by atoms with Crippen LogP contribution in [-0.2, 0) is 27.9 Å². The van der Waals surface area contributed by atoms with Gasteiger partial charge in [0, 0.05) is 13.0 Å². The normalized spacial score (nSPS) is 23.1. The van der Waals surface area contributed by atoms with E-state index in [1.807, 2.05) is 0 Å². The number of phosphoric ester groups is 1. The van der Waals surface area contributed by atoms with Gasteiger partial charge >= 0.3 is 13.8 Å². The molecule has 332 valence electrons. The summed E-state index contributed by atoms with van der Waals surface area (Å²) < 4.78 is 34.1. The van der Waals surface area contributed by atoms with Crippen molar-refractivity contribution in [1.29, 1.82) is 0 Å². The van der Waals surface area contributed by atoms with Crippen molar-refractivity contribution in [3.8, 4) is 0 Å². The number of hydrogen-bond donors (Lipinski definition) is 6. The predicted molar refractivity (Wildman–Crippen MR) is 221 cm³/mol. The van der Waals surface area contributed by atoms with Gasteiger partial charge in [0.1, 0.15) is 42.7 Å². The lowest BCUT2D eigenvalue weighted by atomic mass is 9.85. The Labute approximate surface area is 339 Å². The first kappa shape index (κ1) is 53.1. The topological polar surface area (TPSA) is 192 Å². The number of aliphatic hydroxyl groups is 5. The molecule has 0 saturated heterocycles. The summed E-state index contributed by atoms with van der Waals surface area (Å²) in [6.07, 6.45) is 24.2. The van der Waals surface area contributed by atoms with E-state index < -0.39 is 63.1 Å². The quantitative estimate of drug-likeness (QED) is 0.0150. The van der Waals surface area contributed by atoms with E-state index in [4.69, 9.17) is 18.5 Å². The lowest BCUT2D eigenvalue weighted by Gasteiger charge is -2.41. The summed E-state index contributed by atoms with van der Waals surface area (Å²) in [7, 11) is -5.01. The summed E-state index contributed by atoms with van der Waals surface area (Å²) in [4.78, 5) is 23.1. The first-order valence-electron chi connectivity index (χ1n) is 22.5. The summed E-state index contributed by atoms with van der Waals surface area (Å²) in [5.41, 5.74) is 0. The number of aliphatic hydroxyl groups excluding tert-OH is 5. The fraction of sp³-hybridized carbons (Fsp3) is 0.930. The second kappa shape index (κ2) is 34.9. The molecule has 0 bridgehead atoms. The van der Waals surface area contributed by atoms with Crippen molar-refractivity contribution in [2.24, 2.45) is 0 Å². The van der Waals surface area contributed by atoms with Gasteiger partial charge in [-0.3, -0.25) is 13.8 Å². The summed E-state index contributed by atoms with van der Waals surface area (Å²) >= 11 is 0. The van der Waals surface area contributed by atoms with Crippen LogP contribution < -0.4 is 0 Å². The van der Waals surface area contributed by atoms with Gasteiger partial charge in [0.15, 0.2) is 0 Å². The first-order chi connectivity index (χ1) is 27.0. The lowest BCUT2D eigenvalue weighted by Crippen LogP contribution is -2.64. The van der Waals surface area contributed by atoms with Crippen LogP contribution in [0, 0.1) is 0 Å². The van der Waals surface area contributed by atoms with Crippen molar-refractivity contribution in [2.45, 2.75) is 236 Å². The maximum Gasteiger partial charge on any atom is 0.472 e. The third-order valence-electron chi connectivity index (χ3n) is 10.6. The van der Waals surface area contributed by atoms with Crippen LogP contribution in [0.1, 0.15) is 194 Å². The summed E-state index contributed by atoms with van der Waals surface area (Å²) in [5, 5.41) is 50.1. The van der Waals surface area contributed by atoms with Gasteiger partial charge in [-0.2, -0.15) is 0 Å². The van der Waals surface area contributed by atoms with Crippen LogP contribution in [0.25, 0.3) is 0 Å². The molecule has 0 aromatic heterocycles. The molecule has 12 nitrogen and oxygen atoms in total. The third-order valence-corrected chi connectivity index (χ3v) is 11.6. The maximum absolute atomic E-state index is 12.8. The van der Waals surface area contributed by atoms with E-state index in [0.29, 0.717) is 13.0 Å². The standard InChI is InChI=1S/C43H83O12P/c1-3-5-7-9-11-13-15-17-19-20-22-24-26-28-30-32-37(44)54-36(34-52-33-31-29-27-25-23-21-18-16-14-12-10-8-6-4-2)35-53-56(50,51)55-43-41(48)39(46)38(45)40(47)42(43)49/h14,16,36,38-43,45-49H,3-13,15,17-35H2,1-2H3,(H,50,51)/b16-14-. The number of ether oxygens (including phenoxy) is 2. The Hall–Kier alpha value is -0.920. The van der Waals surface area contributed by atoms with Crippen LogP contribution in [-0.4, -0.2) is 98.9 Å². The molecule has 6 unspecified atom stereocenters. The Kier molecular flexibility index (Phi) is 33.1. The van der Waals surface area contributed by atoms with E-state index >= 15 is 0 Å². The maximum atomic E-state index is 12.8. The Bertz CT molecular complexity index is 984. The molecule has 0 spiro atoms. The average Bonchev–Trinajstić information content (AvgIpc) is 3.18. The van der Waals surface area contributed by atoms with Crippen LogP contribution in [0.3, 0.4) is 0 Å². The van der Waals surface area contributed by atoms with Gasteiger partial charge in [0.2, 0.25) is 0 Å². The molecule has 1 saturated carbocycles. The molecule has 1 aliphatic carbocycles. The molecular formula is C43H83O12P. The highest BCUT2D eigenvalue weighted by molar-refractivity contribution is 7.47. The zero-order valence-electron chi connectivity index (χ0n) is 35.2. The summed E-state index contributed by atoms with van der Waals surface area (Å²) in [6.45, 7) is 4.24. The minimum atomic E-state index is -5.01. The fourth-order valence-electron chi connectivity index (χ4n) is 7.00. The molecule has 0 aliphatic heterocycles. The number of allylic oxidation sites excluding steroid dienone is 2. The van der Waals surface area contributed by atoms with E-state index in [9.17, 15) is 39.8 Å². The van der Waals surface area contributed by atoms with Crippen LogP contribution in [0.2, 0.25) is 0 Å². The van der Waals surface area contributed by atoms with Gasteiger partial charge in [-0.15, -0.1) is 0 Å². The molecule has 13 heteroatoms. The Balaban J connectivity index is 2.41. The molecule has 0 radical (unpaired) electrons. The van der Waals surface area contributed by atoms with E-state index in [-0.39, 0.29) is 13.0 Å². The number of carbonyl (C=O) groups is 1. The van der Waals surface area contributed by atoms with Crippen molar-refractivity contribution in [2.75, 3.05) is 19.8 Å². The molecule has 0 amide bonds. The molecule has 56 heavy (non-hydrogen) atoms. The van der Waals surface area contributed by atoms with Crippen LogP contribution >= 0.6 is 7.82 Å². The highest BCUT2D eigenvalue weighted by atomic mass is 31.2. The van der Waals surface area contributed by atoms with E-state index in [0.717, 1.165) is 51.4 Å². The Morgan fingerprint density at radius 1 is 0.554 bits per heavy atom. The first-order valence-corrected chi connectivity index (χ1v) is 24.0. The minimum absolute atomic E-state index is 0.0757. The van der Waals surface area contributed by atoms with Gasteiger partial charge in [0.05, 0.1) is 13.2 Å². The average molecular weight is 823 g/mol. The van der Waals surface area contributed by atoms with Crippen molar-refractivity contribution in [1.82, 2.24) is 0 Å². The van der Waals surface area contributed by atoms with Crippen molar-refractivity contribution < 1.29 is 58.3 Å². The molecule has 0 heterocycles. The molecule has 0 aromatic carbocycles. The zero-order chi connectivity index (χ0) is 41.3. The number of hydrogen-bond acceptors (Lipinski definition) is 11. The smallest absolute Gasteiger partial charge is 0.457 e. The molecule has 1 aliphatic rings. The Morgan fingerprint density at radius 2 is 0.946 bits per heavy atom. The van der Waals surface area contributed by atoms with Crippen molar-refractivity contribution in [3.63, 3.8) is 0 Å². The predicted octanol–water partition coefficient (Wildman–Crippen LogP) is 8.75. The van der Waals surface area contributed by atoms with Crippen molar-refractivity contribution >= 4 is 13.8 Å². The molecule has 6 N–H and O–H groups in total. The monoisotopic (exact) mass is 823 g/mol. The number of unbranched alkanes of at least 4 members (excludes halogenated alkanes) is 24. The SMILES string of the molecule is CCCCCC/C=C\CCCCCCCCOCC(COP(=O)(O)OC1C(O)C(O)C(O)C(O)C1O)OC(=O)CCCCCCCCCCCCCCCCC. The molecule has 1 rings (SSSR count). The van der Waals surface area contributed by atoms with Crippen LogP contribution in [0.4, 0.5) is 0 Å². The van der Waals surface area contributed by atoms with Crippen LogP contribution in [0.15, 0.2) is 12.2 Å². The van der Waals surface area contributed by atoms with Gasteiger partial charge in [0.25, 0.3) is 0 Å². The number of carbonyl (C=O) groups excluding carboxylic acids is 1. The summed E-state index contributed by atoms with van der Waals surface area (Å²) in [6, 6.07) is 0. The summed E-state index contributed by atoms with van der Waals surface area (Å²) in [5.74, 6) is -0.477. The van der Waals surface area contributed by atoms with E-state index in [1.165, 1.54) is 116 Å². The fourth-order valence-corrected chi connectivity index (χ4v) is 7.97. The number of esters is 1. The highest BCUT2D eigenvalue weighted by Gasteiger charge is 2.51. The molecular weight excluding hydrogens is 739 g/mol. The van der Waals surface area contributed by atoms with E-state index in [2.05, 4.69) is 26.0 Å². The van der Waals surface area contributed by atoms with Gasteiger partial charge in [-0.05, 0) is 38.5 Å². The highest BCUT2D eigenvalue weighted by Crippen LogP contribution is 2.47. The van der Waals surface area contributed by atoms with E-state index in [1.54, 1.807) is 0 Å². The largest absolute Gasteiger partial charge is 0.472 e. The second-order valence-electron chi connectivity index (χ2n) is 15.9. The molecule has 0 aromatic rings. The van der Waals surface area contributed by atoms with Gasteiger partial charge in [-0.1, -0.05) is 161 Å². The lowest BCUT2D eigenvalue weighted by molar-refractivity contribution is -0.220. The van der Waals surface area contributed by atoms with Gasteiger partial charge < -0.3 is 39.9 Å². The molecule has 6 atom stereocenters. The zero-order valence-corrected chi connectivity index (χ0v) is 36.1. The minimum Gasteiger partial charge on any atom is -0.457 e.